The van der Waals surface area contributed by atoms with E-state index in [9.17, 15) is 21.6 Å². The lowest BCUT2D eigenvalue weighted by atomic mass is 10.0. The molecule has 5 nitrogen and oxygen atoms in total. The topological polar surface area (TPSA) is 67.4 Å². The first-order valence-corrected chi connectivity index (χ1v) is 8.84. The molecule has 10 heteroatoms. The average Bonchev–Trinajstić information content (AvgIpc) is 2.76. The summed E-state index contributed by atoms with van der Waals surface area (Å²) in [6.45, 7) is 0. The molecular weight excluding hydrogens is 369 g/mol. The zero-order valence-corrected chi connectivity index (χ0v) is 14.2. The number of alkyl halides is 3. The fraction of sp³-hybridized carbons (Fsp3) is 0.571. The minimum atomic E-state index is -4.94. The van der Waals surface area contributed by atoms with Crippen LogP contribution in [0.25, 0.3) is 0 Å². The monoisotopic (exact) mass is 386 g/mol. The fourth-order valence-corrected chi connectivity index (χ4v) is 4.71. The van der Waals surface area contributed by atoms with Crippen LogP contribution < -0.4 is 14.8 Å². The van der Waals surface area contributed by atoms with Crippen molar-refractivity contribution in [2.45, 2.75) is 55.1 Å². The number of hydrogen-bond acceptors (Lipinski definition) is 4. The van der Waals surface area contributed by atoms with Gasteiger partial charge in [0.05, 0.1) is 0 Å². The second-order valence-electron chi connectivity index (χ2n) is 5.92. The van der Waals surface area contributed by atoms with Crippen molar-refractivity contribution in [2.24, 2.45) is 0 Å². The molecule has 0 aromatic heterocycles. The van der Waals surface area contributed by atoms with Gasteiger partial charge in [0.2, 0.25) is 10.0 Å². The summed E-state index contributed by atoms with van der Waals surface area (Å²) in [6, 6.07) is 5.02. The van der Waals surface area contributed by atoms with E-state index in [4.69, 9.17) is 0 Å². The second-order valence-corrected chi connectivity index (χ2v) is 7.60. The Labute approximate surface area is 144 Å². The number of halogens is 4. The van der Waals surface area contributed by atoms with Gasteiger partial charge >= 0.3 is 6.36 Å². The van der Waals surface area contributed by atoms with Crippen LogP contribution in [0.3, 0.4) is 0 Å². The highest BCUT2D eigenvalue weighted by Gasteiger charge is 2.37. The molecule has 1 aromatic carbocycles. The lowest BCUT2D eigenvalue weighted by Crippen LogP contribution is -2.48. The van der Waals surface area contributed by atoms with Crippen LogP contribution in [-0.4, -0.2) is 32.9 Å². The quantitative estimate of drug-likeness (QED) is 0.834. The van der Waals surface area contributed by atoms with Crippen LogP contribution in [0, 0.1) is 0 Å². The van der Waals surface area contributed by atoms with Crippen LogP contribution in [-0.2, 0) is 10.0 Å². The van der Waals surface area contributed by atoms with E-state index in [1.165, 1.54) is 12.1 Å². The molecule has 2 unspecified atom stereocenters. The Hall–Kier alpha value is -1.03. The van der Waals surface area contributed by atoms with E-state index >= 15 is 0 Å². The minimum Gasteiger partial charge on any atom is -0.404 e. The molecule has 0 amide bonds. The molecule has 0 aliphatic carbocycles. The predicted octanol–water partition coefficient (Wildman–Crippen LogP) is 2.57. The Morgan fingerprint density at radius 2 is 1.71 bits per heavy atom. The van der Waals surface area contributed by atoms with E-state index in [0.717, 1.165) is 25.0 Å². The Morgan fingerprint density at radius 3 is 2.29 bits per heavy atom. The highest BCUT2D eigenvalue weighted by molar-refractivity contribution is 7.89. The molecule has 1 aromatic rings. The summed E-state index contributed by atoms with van der Waals surface area (Å²) < 4.78 is 68.6. The average molecular weight is 387 g/mol. The number of hydrogen-bond donors (Lipinski definition) is 2. The Balaban J connectivity index is 0.00000208. The highest BCUT2D eigenvalue weighted by atomic mass is 35.5. The molecule has 2 saturated heterocycles. The van der Waals surface area contributed by atoms with Gasteiger partial charge < -0.3 is 10.1 Å². The van der Waals surface area contributed by atoms with Crippen molar-refractivity contribution in [3.05, 3.63) is 24.3 Å². The van der Waals surface area contributed by atoms with Gasteiger partial charge in [0.1, 0.15) is 10.6 Å². The molecule has 2 heterocycles. The maximum absolute atomic E-state index is 12.5. The van der Waals surface area contributed by atoms with E-state index in [-0.39, 0.29) is 30.5 Å². The first-order chi connectivity index (χ1) is 10.7. The molecule has 136 valence electrons. The van der Waals surface area contributed by atoms with E-state index in [1.54, 1.807) is 0 Å². The summed E-state index contributed by atoms with van der Waals surface area (Å²) in [6.07, 6.45) is -1.68. The van der Waals surface area contributed by atoms with Crippen molar-refractivity contribution in [2.75, 3.05) is 0 Å². The molecule has 2 aliphatic rings. The first-order valence-electron chi connectivity index (χ1n) is 7.36. The van der Waals surface area contributed by atoms with Gasteiger partial charge in [0.25, 0.3) is 0 Å². The van der Waals surface area contributed by atoms with Gasteiger partial charge in [0, 0.05) is 18.1 Å². The summed E-state index contributed by atoms with van der Waals surface area (Å²) in [5.41, 5.74) is 0. The van der Waals surface area contributed by atoms with Gasteiger partial charge in [-0.3, -0.25) is 0 Å². The van der Waals surface area contributed by atoms with E-state index < -0.39 is 27.0 Å². The van der Waals surface area contributed by atoms with E-state index in [2.05, 4.69) is 14.8 Å². The first kappa shape index (κ1) is 19.3. The van der Waals surface area contributed by atoms with Gasteiger partial charge in [-0.05, 0) is 37.8 Å². The van der Waals surface area contributed by atoms with Crippen LogP contribution in [0.15, 0.2) is 29.2 Å². The van der Waals surface area contributed by atoms with Gasteiger partial charge in [-0.2, -0.15) is 0 Å². The number of para-hydroxylation sites is 1. The summed E-state index contributed by atoms with van der Waals surface area (Å²) in [4.78, 5) is -0.497. The van der Waals surface area contributed by atoms with Gasteiger partial charge in [-0.25, -0.2) is 13.1 Å². The summed E-state index contributed by atoms with van der Waals surface area (Å²) in [5.74, 6) is -0.718. The lowest BCUT2D eigenvalue weighted by molar-refractivity contribution is -0.275. The molecular formula is C14H18ClF3N2O3S. The maximum Gasteiger partial charge on any atom is 0.573 e. The molecule has 24 heavy (non-hydrogen) atoms. The van der Waals surface area contributed by atoms with Crippen LogP contribution in [0.2, 0.25) is 0 Å². The molecule has 0 spiro atoms. The van der Waals surface area contributed by atoms with E-state index in [0.29, 0.717) is 12.8 Å². The number of rotatable bonds is 4. The van der Waals surface area contributed by atoms with Crippen LogP contribution >= 0.6 is 12.4 Å². The Kier molecular flexibility index (Phi) is 5.68. The standard InChI is InChI=1S/C14H17F3N2O3S.ClH/c15-14(16,17)22-12-3-1-2-4-13(12)23(20,21)19-11-7-9-5-6-10(8-11)18-9;/h1-4,9-11,18-19H,5-8H2;1H. The third-order valence-corrected chi connectivity index (χ3v) is 5.72. The van der Waals surface area contributed by atoms with Crippen LogP contribution in [0.4, 0.5) is 13.2 Å². The summed E-state index contributed by atoms with van der Waals surface area (Å²) in [7, 11) is -4.08. The van der Waals surface area contributed by atoms with Crippen LogP contribution in [0.5, 0.6) is 5.75 Å². The number of nitrogens with one attached hydrogen (secondary N) is 2. The highest BCUT2D eigenvalue weighted by Crippen LogP contribution is 2.31. The smallest absolute Gasteiger partial charge is 0.404 e. The SMILES string of the molecule is Cl.O=S(=O)(NC1CC2CCC(C1)N2)c1ccccc1OC(F)(F)F. The van der Waals surface area contributed by atoms with E-state index in [1.807, 2.05) is 0 Å². The molecule has 2 N–H and O–H groups in total. The number of fused-ring (bicyclic) bond motifs is 2. The molecule has 2 aliphatic heterocycles. The third-order valence-electron chi connectivity index (χ3n) is 4.16. The zero-order chi connectivity index (χ0) is 16.7. The molecule has 2 atom stereocenters. The molecule has 2 bridgehead atoms. The van der Waals surface area contributed by atoms with Crippen molar-refractivity contribution >= 4 is 22.4 Å². The zero-order valence-electron chi connectivity index (χ0n) is 12.5. The van der Waals surface area contributed by atoms with Gasteiger partial charge in [0.15, 0.2) is 0 Å². The molecule has 0 radical (unpaired) electrons. The molecule has 3 rings (SSSR count). The fourth-order valence-electron chi connectivity index (χ4n) is 3.32. The van der Waals surface area contributed by atoms with Crippen molar-refractivity contribution in [1.29, 1.82) is 0 Å². The number of benzene rings is 1. The van der Waals surface area contributed by atoms with Gasteiger partial charge in [-0.1, -0.05) is 12.1 Å². The number of ether oxygens (including phenoxy) is 1. The molecule has 0 saturated carbocycles. The molecule has 2 fully saturated rings. The van der Waals surface area contributed by atoms with Crippen molar-refractivity contribution in [3.63, 3.8) is 0 Å². The largest absolute Gasteiger partial charge is 0.573 e. The van der Waals surface area contributed by atoms with Crippen molar-refractivity contribution < 1.29 is 26.3 Å². The normalized spacial score (nSPS) is 26.7. The predicted molar refractivity (Wildman–Crippen MR) is 83.7 cm³/mol. The van der Waals surface area contributed by atoms with Crippen molar-refractivity contribution in [1.82, 2.24) is 10.0 Å². The lowest BCUT2D eigenvalue weighted by Gasteiger charge is -2.29. The number of piperidine rings is 1. The number of sulfonamides is 1. The summed E-state index contributed by atoms with van der Waals surface area (Å²) in [5, 5.41) is 3.38. The van der Waals surface area contributed by atoms with Crippen molar-refractivity contribution in [3.8, 4) is 5.75 Å². The minimum absolute atomic E-state index is 0. The maximum atomic E-state index is 12.5. The van der Waals surface area contributed by atoms with Crippen LogP contribution in [0.1, 0.15) is 25.7 Å². The Morgan fingerprint density at radius 1 is 1.12 bits per heavy atom. The summed E-state index contributed by atoms with van der Waals surface area (Å²) >= 11 is 0. The third kappa shape index (κ3) is 4.53. The second kappa shape index (κ2) is 7.07. The van der Waals surface area contributed by atoms with Gasteiger partial charge in [-0.15, -0.1) is 25.6 Å². The Bertz CT molecular complexity index is 672.